The molecule has 0 saturated carbocycles. The summed E-state index contributed by atoms with van der Waals surface area (Å²) in [6.07, 6.45) is 1.95. The van der Waals surface area contributed by atoms with Gasteiger partial charge >= 0.3 is 0 Å². The van der Waals surface area contributed by atoms with E-state index in [1.165, 1.54) is 76.0 Å². The standard InChI is InChI=1S/C82H75N4OSi.Pt/c1-79(2,3)58-41-42-83-75(49-58)86-71-39-26-40-73-76(71)77-72(86)51-64(52-74(77)88(73,65-33-18-14-19-34-65)66-35-20-15-21-36-66)87-63-32-25-31-62(50-63)84-53-85(70-38-23-22-37-69(70)84)78-67(56-30-24-29-55(43-56)54-27-16-13-17-28-54)47-61(82(10,11)12)48-68(78)57-44-59(80(4,5)6)46-60(45-57)81(7,8)9;/h13-49,52-53H,1-12H3;/q-3;. The van der Waals surface area contributed by atoms with E-state index < -0.39 is 8.07 Å². The summed E-state index contributed by atoms with van der Waals surface area (Å²) in [5.41, 5.74) is 17.8. The summed E-state index contributed by atoms with van der Waals surface area (Å²) in [5.74, 6) is 2.07. The molecule has 7 heteroatoms. The SMILES string of the molecule is CC(C)(C)c1cc(-c2cc(C(C)(C)C)cc(-c3cccc(-c4ccccc4)c3)c2N2[CH-]N(c3[c-]c(Oc4[c-]c5c6c(c4)[Si](c4ccccc4)(c4ccccc4)c4cccc(c46)n5-c4cc(C(C)(C)C)ccn4)ccc3)c3ccccc32)cc(C(C)(C)C)c1.[Pt]. The zero-order valence-corrected chi connectivity index (χ0v) is 56.3. The molecule has 0 spiro atoms. The van der Waals surface area contributed by atoms with Crippen molar-refractivity contribution in [3.63, 3.8) is 0 Å². The van der Waals surface area contributed by atoms with Crippen molar-refractivity contribution in [2.75, 3.05) is 9.80 Å². The average Bonchev–Trinajstić information content (AvgIpc) is 1.51. The van der Waals surface area contributed by atoms with E-state index in [-0.39, 0.29) is 42.7 Å². The van der Waals surface area contributed by atoms with Crippen LogP contribution in [0.25, 0.3) is 61.0 Å². The summed E-state index contributed by atoms with van der Waals surface area (Å²) >= 11 is 0. The maximum Gasteiger partial charge on any atom is 0.155 e. The van der Waals surface area contributed by atoms with E-state index in [4.69, 9.17) is 9.72 Å². The number of ether oxygens (including phenoxy) is 1. The molecule has 0 bridgehead atoms. The Balaban J connectivity index is 0.00000729. The summed E-state index contributed by atoms with van der Waals surface area (Å²) in [6, 6.07) is 90.7. The zero-order valence-electron chi connectivity index (χ0n) is 53.0. The van der Waals surface area contributed by atoms with Crippen LogP contribution in [0.15, 0.2) is 231 Å². The average molecular weight is 1360 g/mol. The van der Waals surface area contributed by atoms with E-state index in [1.807, 2.05) is 12.3 Å². The molecule has 0 saturated heterocycles. The van der Waals surface area contributed by atoms with Gasteiger partial charge in [-0.1, -0.05) is 240 Å². The Kier molecular flexibility index (Phi) is 14.8. The van der Waals surface area contributed by atoms with Gasteiger partial charge < -0.3 is 19.1 Å². The molecule has 0 N–H and O–H groups in total. The molecule has 2 aromatic heterocycles. The minimum Gasteiger partial charge on any atom is -0.509 e. The molecule has 5 nitrogen and oxygen atoms in total. The molecule has 12 aromatic rings. The maximum atomic E-state index is 7.29. The second-order valence-corrected chi connectivity index (χ2v) is 31.9. The van der Waals surface area contributed by atoms with Crippen LogP contribution in [-0.4, -0.2) is 17.6 Å². The summed E-state index contributed by atoms with van der Waals surface area (Å²) in [5, 5.41) is 7.76. The number of anilines is 4. The molecule has 2 aliphatic rings. The summed E-state index contributed by atoms with van der Waals surface area (Å²) in [7, 11) is -2.94. The quantitative estimate of drug-likeness (QED) is 0.101. The van der Waals surface area contributed by atoms with Gasteiger partial charge in [0.1, 0.15) is 5.82 Å². The third-order valence-electron chi connectivity index (χ3n) is 18.2. The van der Waals surface area contributed by atoms with E-state index in [0.717, 1.165) is 50.7 Å². The number of fused-ring (bicyclic) bond motifs is 1. The molecule has 0 unspecified atom stereocenters. The molecule has 89 heavy (non-hydrogen) atoms. The number of para-hydroxylation sites is 2. The Labute approximate surface area is 542 Å². The summed E-state index contributed by atoms with van der Waals surface area (Å²) < 4.78 is 9.61. The Bertz CT molecular complexity index is 4600. The second kappa shape index (κ2) is 22.2. The van der Waals surface area contributed by atoms with Crippen LogP contribution in [0.5, 0.6) is 11.5 Å². The van der Waals surface area contributed by atoms with Crippen molar-refractivity contribution in [1.29, 1.82) is 0 Å². The van der Waals surface area contributed by atoms with Gasteiger partial charge in [0, 0.05) is 72.5 Å². The number of nitrogens with zero attached hydrogens (tertiary/aromatic N) is 4. The minimum absolute atomic E-state index is 0. The maximum absolute atomic E-state index is 7.29. The molecule has 0 fully saturated rings. The van der Waals surface area contributed by atoms with Crippen molar-refractivity contribution in [3.05, 3.63) is 272 Å². The molecule has 10 aromatic carbocycles. The summed E-state index contributed by atoms with van der Waals surface area (Å²) in [6.45, 7) is 30.0. The Morgan fingerprint density at radius 3 is 1.58 bits per heavy atom. The van der Waals surface area contributed by atoms with Gasteiger partial charge in [-0.25, -0.2) is 4.98 Å². The van der Waals surface area contributed by atoms with Crippen LogP contribution >= 0.6 is 0 Å². The Morgan fingerprint density at radius 1 is 0.416 bits per heavy atom. The number of hydrogen-bond donors (Lipinski definition) is 0. The van der Waals surface area contributed by atoms with Crippen LogP contribution in [-0.2, 0) is 42.7 Å². The van der Waals surface area contributed by atoms with Crippen molar-refractivity contribution < 1.29 is 25.8 Å². The van der Waals surface area contributed by atoms with Gasteiger partial charge in [0.15, 0.2) is 8.07 Å². The topological polar surface area (TPSA) is 33.5 Å². The van der Waals surface area contributed by atoms with Gasteiger partial charge in [0.25, 0.3) is 0 Å². The Hall–Kier alpha value is -8.54. The molecule has 4 heterocycles. The molecule has 2 aliphatic heterocycles. The first-order valence-electron chi connectivity index (χ1n) is 31.0. The van der Waals surface area contributed by atoms with Crippen molar-refractivity contribution in [2.24, 2.45) is 0 Å². The fourth-order valence-electron chi connectivity index (χ4n) is 13.4. The summed E-state index contributed by atoms with van der Waals surface area (Å²) in [4.78, 5) is 9.82. The van der Waals surface area contributed by atoms with Crippen molar-refractivity contribution >= 4 is 73.4 Å². The third-order valence-corrected chi connectivity index (χ3v) is 23.0. The third kappa shape index (κ3) is 10.4. The van der Waals surface area contributed by atoms with E-state index in [0.29, 0.717) is 11.5 Å². The fraction of sp³-hybridized carbons (Fsp3) is 0.195. The fourth-order valence-corrected chi connectivity index (χ4v) is 18.6. The number of benzene rings is 10. The van der Waals surface area contributed by atoms with E-state index in [2.05, 4.69) is 335 Å². The molecule has 0 atom stereocenters. The first kappa shape index (κ1) is 59.4. The van der Waals surface area contributed by atoms with Gasteiger partial charge in [-0.15, -0.1) is 53.3 Å². The van der Waals surface area contributed by atoms with Gasteiger partial charge in [-0.05, 0) is 136 Å². The number of aromatic nitrogens is 2. The van der Waals surface area contributed by atoms with Crippen molar-refractivity contribution in [1.82, 2.24) is 9.55 Å². The van der Waals surface area contributed by atoms with Crippen LogP contribution in [0.4, 0.5) is 22.7 Å². The molecule has 14 rings (SSSR count). The number of hydrogen-bond acceptors (Lipinski definition) is 4. The minimum atomic E-state index is -2.94. The Morgan fingerprint density at radius 2 is 0.955 bits per heavy atom. The zero-order chi connectivity index (χ0) is 61.1. The van der Waals surface area contributed by atoms with Crippen molar-refractivity contribution in [2.45, 2.75) is 105 Å². The van der Waals surface area contributed by atoms with Gasteiger partial charge in [-0.2, -0.15) is 6.07 Å². The van der Waals surface area contributed by atoms with Crippen LogP contribution in [0.2, 0.25) is 0 Å². The molecular formula is C82H75N4OPtSi-3. The molecule has 0 amide bonds. The first-order valence-corrected chi connectivity index (χ1v) is 33.0. The second-order valence-electron chi connectivity index (χ2n) is 28.2. The largest absolute Gasteiger partial charge is 0.509 e. The molecule has 0 aliphatic carbocycles. The monoisotopic (exact) mass is 1350 g/mol. The predicted octanol–water partition coefficient (Wildman–Crippen LogP) is 18.9. The van der Waals surface area contributed by atoms with Gasteiger partial charge in [0.2, 0.25) is 0 Å². The first-order chi connectivity index (χ1) is 42.1. The smallest absolute Gasteiger partial charge is 0.155 e. The molecule has 446 valence electrons. The van der Waals surface area contributed by atoms with Crippen LogP contribution in [0, 0.1) is 18.8 Å². The van der Waals surface area contributed by atoms with Gasteiger partial charge in [0.05, 0.1) is 0 Å². The van der Waals surface area contributed by atoms with Crippen molar-refractivity contribution in [3.8, 4) is 50.7 Å². The number of pyridine rings is 1. The van der Waals surface area contributed by atoms with Gasteiger partial charge in [-0.3, -0.25) is 0 Å². The number of rotatable bonds is 10. The normalized spacial score (nSPS) is 13.8. The molecular weight excluding hydrogens is 1280 g/mol. The van der Waals surface area contributed by atoms with E-state index >= 15 is 0 Å². The van der Waals surface area contributed by atoms with E-state index in [1.54, 1.807) is 0 Å². The van der Waals surface area contributed by atoms with E-state index in [9.17, 15) is 0 Å². The van der Waals surface area contributed by atoms with Crippen LogP contribution < -0.4 is 35.3 Å². The predicted molar refractivity (Wildman–Crippen MR) is 373 cm³/mol. The van der Waals surface area contributed by atoms with Crippen LogP contribution in [0.3, 0.4) is 0 Å². The molecule has 0 radical (unpaired) electrons. The van der Waals surface area contributed by atoms with Crippen LogP contribution in [0.1, 0.15) is 105 Å².